The number of pyridine rings is 1. The molecule has 4 aromatic rings. The van der Waals surface area contributed by atoms with Crippen molar-refractivity contribution in [1.29, 1.82) is 0 Å². The predicted molar refractivity (Wildman–Crippen MR) is 103 cm³/mol. The molecule has 0 radical (unpaired) electrons. The fourth-order valence-corrected chi connectivity index (χ4v) is 4.37. The number of hydrogen-bond donors (Lipinski definition) is 0. The van der Waals surface area contributed by atoms with Crippen LogP contribution in [0.3, 0.4) is 0 Å². The molecule has 2 aromatic carbocycles. The molecule has 2 heterocycles. The fourth-order valence-electron chi connectivity index (χ4n) is 4.37. The third-order valence-corrected chi connectivity index (χ3v) is 5.62. The summed E-state index contributed by atoms with van der Waals surface area (Å²) in [7, 11) is 0. The van der Waals surface area contributed by atoms with Gasteiger partial charge in [-0.2, -0.15) is 0 Å². The first-order valence-corrected chi connectivity index (χ1v) is 9.19. The molecule has 0 unspecified atom stereocenters. The van der Waals surface area contributed by atoms with Crippen LogP contribution in [0.4, 0.5) is 0 Å². The lowest BCUT2D eigenvalue weighted by molar-refractivity contribution is 0.643. The summed E-state index contributed by atoms with van der Waals surface area (Å²) in [6.45, 7) is 2.13. The molecule has 0 bridgehead atoms. The largest absolute Gasteiger partial charge is 0.455 e. The maximum atomic E-state index is 6.52. The second kappa shape index (κ2) is 5.73. The van der Waals surface area contributed by atoms with Gasteiger partial charge in [-0.15, -0.1) is 0 Å². The molecule has 2 nitrogen and oxygen atoms in total. The van der Waals surface area contributed by atoms with Gasteiger partial charge >= 0.3 is 0 Å². The molecule has 1 aliphatic carbocycles. The fraction of sp³-hybridized carbons (Fsp3) is 0.261. The minimum Gasteiger partial charge on any atom is -0.455 e. The van der Waals surface area contributed by atoms with E-state index in [0.29, 0.717) is 5.92 Å². The Morgan fingerprint density at radius 3 is 2.52 bits per heavy atom. The predicted octanol–water partition coefficient (Wildman–Crippen LogP) is 6.61. The number of benzene rings is 2. The van der Waals surface area contributed by atoms with Crippen LogP contribution in [0.25, 0.3) is 33.2 Å². The van der Waals surface area contributed by atoms with Crippen molar-refractivity contribution in [3.05, 3.63) is 65.9 Å². The topological polar surface area (TPSA) is 26.0 Å². The van der Waals surface area contributed by atoms with E-state index in [-0.39, 0.29) is 0 Å². The number of aromatic nitrogens is 1. The van der Waals surface area contributed by atoms with Crippen LogP contribution in [0.15, 0.2) is 59.1 Å². The van der Waals surface area contributed by atoms with Gasteiger partial charge in [0.15, 0.2) is 0 Å². The average molecular weight is 327 g/mol. The van der Waals surface area contributed by atoms with E-state index in [4.69, 9.17) is 4.42 Å². The van der Waals surface area contributed by atoms with Crippen LogP contribution in [-0.4, -0.2) is 4.98 Å². The van der Waals surface area contributed by atoms with Crippen LogP contribution in [-0.2, 0) is 0 Å². The molecule has 0 N–H and O–H groups in total. The van der Waals surface area contributed by atoms with Crippen molar-refractivity contribution in [3.8, 4) is 11.3 Å². The first-order valence-electron chi connectivity index (χ1n) is 9.19. The van der Waals surface area contributed by atoms with Crippen LogP contribution in [0.5, 0.6) is 0 Å². The van der Waals surface area contributed by atoms with Gasteiger partial charge in [0.1, 0.15) is 11.2 Å². The van der Waals surface area contributed by atoms with Crippen LogP contribution < -0.4 is 0 Å². The highest BCUT2D eigenvalue weighted by atomic mass is 16.3. The quantitative estimate of drug-likeness (QED) is 0.414. The van der Waals surface area contributed by atoms with Gasteiger partial charge in [0, 0.05) is 22.5 Å². The van der Waals surface area contributed by atoms with Gasteiger partial charge in [0.05, 0.1) is 5.69 Å². The zero-order chi connectivity index (χ0) is 16.8. The van der Waals surface area contributed by atoms with Crippen LogP contribution in [0.1, 0.15) is 42.7 Å². The van der Waals surface area contributed by atoms with Crippen molar-refractivity contribution >= 4 is 21.9 Å². The highest BCUT2D eigenvalue weighted by molar-refractivity contribution is 6.10. The Bertz CT molecular complexity index is 1060. The molecule has 1 aliphatic rings. The van der Waals surface area contributed by atoms with Crippen molar-refractivity contribution in [3.63, 3.8) is 0 Å². The van der Waals surface area contributed by atoms with Gasteiger partial charge in [-0.1, -0.05) is 49.2 Å². The summed E-state index contributed by atoms with van der Waals surface area (Å²) in [5.74, 6) is 0.642. The summed E-state index contributed by atoms with van der Waals surface area (Å²) in [6.07, 6.45) is 7.07. The smallest absolute Gasteiger partial charge is 0.145 e. The first kappa shape index (κ1) is 14.7. The van der Waals surface area contributed by atoms with E-state index < -0.39 is 0 Å². The summed E-state index contributed by atoms with van der Waals surface area (Å²) in [6, 6.07) is 17.1. The zero-order valence-corrected chi connectivity index (χ0v) is 14.5. The Balaban J connectivity index is 1.83. The molecule has 1 fully saturated rings. The lowest BCUT2D eigenvalue weighted by atomic mass is 9.95. The van der Waals surface area contributed by atoms with E-state index in [1.807, 2.05) is 18.3 Å². The van der Waals surface area contributed by atoms with Gasteiger partial charge in [0.2, 0.25) is 0 Å². The molecule has 1 saturated carbocycles. The Morgan fingerprint density at radius 1 is 0.880 bits per heavy atom. The van der Waals surface area contributed by atoms with Gasteiger partial charge < -0.3 is 4.42 Å². The minimum atomic E-state index is 0.642. The second-order valence-electron chi connectivity index (χ2n) is 7.16. The summed E-state index contributed by atoms with van der Waals surface area (Å²) < 4.78 is 6.52. The van der Waals surface area contributed by atoms with Crippen LogP contribution in [0.2, 0.25) is 0 Å². The molecular formula is C23H21NO. The van der Waals surface area contributed by atoms with E-state index in [2.05, 4.69) is 48.3 Å². The molecular weight excluding hydrogens is 306 g/mol. The normalized spacial score (nSPS) is 15.4. The van der Waals surface area contributed by atoms with Gasteiger partial charge in [-0.05, 0) is 48.9 Å². The number of nitrogens with zero attached hydrogens (tertiary/aromatic N) is 1. The monoisotopic (exact) mass is 327 g/mol. The van der Waals surface area contributed by atoms with Crippen molar-refractivity contribution in [2.75, 3.05) is 0 Å². The van der Waals surface area contributed by atoms with Gasteiger partial charge in [-0.25, -0.2) is 0 Å². The second-order valence-corrected chi connectivity index (χ2v) is 7.16. The van der Waals surface area contributed by atoms with E-state index >= 15 is 0 Å². The number of rotatable bonds is 2. The van der Waals surface area contributed by atoms with E-state index in [1.165, 1.54) is 47.6 Å². The molecule has 0 atom stereocenters. The number of furan rings is 1. The van der Waals surface area contributed by atoms with Crippen molar-refractivity contribution in [2.45, 2.75) is 38.5 Å². The highest BCUT2D eigenvalue weighted by Crippen LogP contribution is 2.42. The zero-order valence-electron chi connectivity index (χ0n) is 14.5. The molecule has 124 valence electrons. The summed E-state index contributed by atoms with van der Waals surface area (Å²) in [4.78, 5) is 4.57. The van der Waals surface area contributed by atoms with E-state index in [0.717, 1.165) is 22.4 Å². The maximum Gasteiger partial charge on any atom is 0.145 e. The molecule has 0 amide bonds. The Hall–Kier alpha value is -2.61. The third-order valence-electron chi connectivity index (χ3n) is 5.62. The van der Waals surface area contributed by atoms with Crippen molar-refractivity contribution in [2.24, 2.45) is 0 Å². The van der Waals surface area contributed by atoms with E-state index in [9.17, 15) is 0 Å². The summed E-state index contributed by atoms with van der Waals surface area (Å²) in [5, 5.41) is 2.43. The SMILES string of the molecule is Cc1ccc2c(oc3c(C4CCCC4)cccc32)c1-c1ccccn1. The Kier molecular flexibility index (Phi) is 3.37. The molecule has 0 saturated heterocycles. The third kappa shape index (κ3) is 2.28. The maximum absolute atomic E-state index is 6.52. The minimum absolute atomic E-state index is 0.642. The molecule has 2 heteroatoms. The average Bonchev–Trinajstić information content (AvgIpc) is 3.29. The molecule has 2 aromatic heterocycles. The van der Waals surface area contributed by atoms with Crippen LogP contribution in [0, 0.1) is 6.92 Å². The lowest BCUT2D eigenvalue weighted by Crippen LogP contribution is -1.91. The molecule has 5 rings (SSSR count). The summed E-state index contributed by atoms with van der Waals surface area (Å²) in [5.41, 5.74) is 6.73. The number of aryl methyl sites for hydroxylation is 1. The van der Waals surface area contributed by atoms with Crippen molar-refractivity contribution in [1.82, 2.24) is 4.98 Å². The number of fused-ring (bicyclic) bond motifs is 3. The van der Waals surface area contributed by atoms with Gasteiger partial charge in [0.25, 0.3) is 0 Å². The van der Waals surface area contributed by atoms with Crippen molar-refractivity contribution < 1.29 is 4.42 Å². The first-order chi connectivity index (χ1) is 12.3. The summed E-state index contributed by atoms with van der Waals surface area (Å²) >= 11 is 0. The number of para-hydroxylation sites is 1. The lowest BCUT2D eigenvalue weighted by Gasteiger charge is -2.09. The molecule has 0 spiro atoms. The molecule has 25 heavy (non-hydrogen) atoms. The Labute approximate surface area is 147 Å². The van der Waals surface area contributed by atoms with Crippen LogP contribution >= 0.6 is 0 Å². The Morgan fingerprint density at radius 2 is 1.72 bits per heavy atom. The van der Waals surface area contributed by atoms with Gasteiger partial charge in [-0.3, -0.25) is 4.98 Å². The number of hydrogen-bond acceptors (Lipinski definition) is 2. The molecule has 0 aliphatic heterocycles. The standard InChI is InChI=1S/C23H21NO/c1-15-12-13-19-18-10-6-9-17(16-7-2-3-8-16)22(18)25-23(19)21(15)20-11-4-5-14-24-20/h4-6,9-14,16H,2-3,7-8H2,1H3. The highest BCUT2D eigenvalue weighted by Gasteiger charge is 2.23. The van der Waals surface area contributed by atoms with E-state index in [1.54, 1.807) is 0 Å².